The van der Waals surface area contributed by atoms with Gasteiger partial charge in [-0.05, 0) is 56.7 Å². The van der Waals surface area contributed by atoms with Gasteiger partial charge in [0, 0.05) is 38.8 Å². The van der Waals surface area contributed by atoms with Crippen molar-refractivity contribution in [3.8, 4) is 0 Å². The van der Waals surface area contributed by atoms with Crippen molar-refractivity contribution >= 4 is 15.9 Å². The van der Waals surface area contributed by atoms with Gasteiger partial charge in [0.25, 0.3) is 0 Å². The number of benzene rings is 1. The summed E-state index contributed by atoms with van der Waals surface area (Å²) in [6, 6.07) is 2.39. The summed E-state index contributed by atoms with van der Waals surface area (Å²) in [6.07, 6.45) is 4.10. The van der Waals surface area contributed by atoms with Crippen LogP contribution in [0.15, 0.2) is 23.1 Å². The molecule has 29 heavy (non-hydrogen) atoms. The number of sulfonamides is 1. The number of hydrogen-bond donors (Lipinski definition) is 0. The van der Waals surface area contributed by atoms with E-state index >= 15 is 0 Å². The van der Waals surface area contributed by atoms with Gasteiger partial charge >= 0.3 is 0 Å². The molecule has 1 amide bonds. The van der Waals surface area contributed by atoms with E-state index in [0.29, 0.717) is 18.9 Å². The van der Waals surface area contributed by atoms with Crippen LogP contribution in [0.2, 0.25) is 0 Å². The molecule has 1 unspecified atom stereocenters. The lowest BCUT2D eigenvalue weighted by molar-refractivity contribution is -0.134. The number of hydrogen-bond acceptors (Lipinski definition) is 4. The Labute approximate surface area is 170 Å². The van der Waals surface area contributed by atoms with Crippen LogP contribution in [-0.4, -0.2) is 74.2 Å². The number of nitrogens with zero attached hydrogens (tertiary/aromatic N) is 3. The van der Waals surface area contributed by atoms with Crippen LogP contribution >= 0.6 is 0 Å². The van der Waals surface area contributed by atoms with Crippen molar-refractivity contribution in [2.24, 2.45) is 5.41 Å². The molecule has 3 saturated heterocycles. The quantitative estimate of drug-likeness (QED) is 0.741. The Morgan fingerprint density at radius 3 is 2.38 bits per heavy atom. The second-order valence-electron chi connectivity index (χ2n) is 8.65. The Morgan fingerprint density at radius 2 is 1.76 bits per heavy atom. The summed E-state index contributed by atoms with van der Waals surface area (Å²) >= 11 is 0. The second-order valence-corrected chi connectivity index (χ2v) is 10.6. The molecule has 0 aliphatic carbocycles. The molecule has 160 valence electrons. The topological polar surface area (TPSA) is 60.9 Å². The molecule has 9 heteroatoms. The minimum Gasteiger partial charge on any atom is -0.341 e. The first-order valence-electron chi connectivity index (χ1n) is 10.2. The monoisotopic (exact) mass is 427 g/mol. The van der Waals surface area contributed by atoms with E-state index < -0.39 is 26.6 Å². The Kier molecular flexibility index (Phi) is 5.41. The molecule has 3 aliphatic rings. The maximum atomic E-state index is 14.0. The zero-order valence-corrected chi connectivity index (χ0v) is 17.4. The maximum absolute atomic E-state index is 14.0. The second kappa shape index (κ2) is 7.59. The molecule has 0 saturated carbocycles. The van der Waals surface area contributed by atoms with Crippen LogP contribution < -0.4 is 0 Å². The minimum absolute atomic E-state index is 0.0951. The van der Waals surface area contributed by atoms with Crippen molar-refractivity contribution in [1.29, 1.82) is 0 Å². The van der Waals surface area contributed by atoms with Crippen LogP contribution in [0, 0.1) is 17.0 Å². The smallest absolute Gasteiger partial charge is 0.245 e. The summed E-state index contributed by atoms with van der Waals surface area (Å²) in [5.41, 5.74) is -0.0951. The first-order chi connectivity index (χ1) is 13.7. The summed E-state index contributed by atoms with van der Waals surface area (Å²) < 4.78 is 54.1. The Balaban J connectivity index is 1.44. The summed E-state index contributed by atoms with van der Waals surface area (Å²) in [5.74, 6) is -1.69. The number of likely N-dealkylation sites (tertiary alicyclic amines) is 2. The lowest BCUT2D eigenvalue weighted by Crippen LogP contribution is -2.44. The minimum atomic E-state index is -4.01. The number of halogens is 2. The van der Waals surface area contributed by atoms with Gasteiger partial charge in [0.05, 0.1) is 6.04 Å². The zero-order chi connectivity index (χ0) is 20.8. The molecule has 4 rings (SSSR count). The first kappa shape index (κ1) is 20.7. The zero-order valence-electron chi connectivity index (χ0n) is 16.6. The molecule has 3 fully saturated rings. The number of carbonyl (C=O) groups excluding carboxylic acids is 1. The molecule has 1 aromatic rings. The fourth-order valence-corrected chi connectivity index (χ4v) is 6.57. The van der Waals surface area contributed by atoms with Crippen molar-refractivity contribution < 1.29 is 22.0 Å². The highest BCUT2D eigenvalue weighted by atomic mass is 32.2. The van der Waals surface area contributed by atoms with Gasteiger partial charge in [-0.1, -0.05) is 0 Å². The molecular weight excluding hydrogens is 400 g/mol. The number of rotatable bonds is 3. The molecule has 1 atom stereocenters. The maximum Gasteiger partial charge on any atom is 0.245 e. The third-order valence-corrected chi connectivity index (χ3v) is 8.67. The van der Waals surface area contributed by atoms with Crippen molar-refractivity contribution in [2.45, 2.75) is 43.0 Å². The molecule has 3 aliphatic heterocycles. The van der Waals surface area contributed by atoms with Gasteiger partial charge in [-0.3, -0.25) is 9.69 Å². The normalized spacial score (nSPS) is 25.8. The molecule has 3 heterocycles. The van der Waals surface area contributed by atoms with E-state index in [1.165, 1.54) is 4.31 Å². The lowest BCUT2D eigenvalue weighted by Gasteiger charge is -2.38. The highest BCUT2D eigenvalue weighted by Gasteiger charge is 2.49. The van der Waals surface area contributed by atoms with Crippen LogP contribution in [0.1, 0.15) is 32.1 Å². The van der Waals surface area contributed by atoms with Crippen molar-refractivity contribution in [3.05, 3.63) is 29.8 Å². The predicted molar refractivity (Wildman–Crippen MR) is 104 cm³/mol. The SMILES string of the molecule is CN1CC2(CCN(S(=O)(=O)c3ccc(F)cc3F)CC2)CC1C(=O)N1CCCC1. The van der Waals surface area contributed by atoms with Crippen molar-refractivity contribution in [1.82, 2.24) is 14.1 Å². The van der Waals surface area contributed by atoms with Crippen LogP contribution in [0.5, 0.6) is 0 Å². The molecule has 6 nitrogen and oxygen atoms in total. The Morgan fingerprint density at radius 1 is 1.10 bits per heavy atom. The number of likely N-dealkylation sites (N-methyl/N-ethyl adjacent to an activating group) is 1. The third kappa shape index (κ3) is 3.80. The largest absolute Gasteiger partial charge is 0.341 e. The lowest BCUT2D eigenvalue weighted by atomic mass is 9.77. The summed E-state index contributed by atoms with van der Waals surface area (Å²) in [7, 11) is -2.05. The number of carbonyl (C=O) groups is 1. The molecule has 0 aromatic heterocycles. The first-order valence-corrected chi connectivity index (χ1v) is 11.6. The number of amides is 1. The van der Waals surface area contributed by atoms with Gasteiger partial charge in [-0.15, -0.1) is 0 Å². The van der Waals surface area contributed by atoms with E-state index in [1.807, 2.05) is 11.9 Å². The van der Waals surface area contributed by atoms with E-state index in [9.17, 15) is 22.0 Å². The van der Waals surface area contributed by atoms with E-state index in [-0.39, 0.29) is 30.5 Å². The summed E-state index contributed by atoms with van der Waals surface area (Å²) in [6.45, 7) is 2.96. The van der Waals surface area contributed by atoms with Gasteiger partial charge in [-0.25, -0.2) is 17.2 Å². The highest BCUT2D eigenvalue weighted by molar-refractivity contribution is 7.89. The van der Waals surface area contributed by atoms with Gasteiger partial charge in [0.1, 0.15) is 16.5 Å². The van der Waals surface area contributed by atoms with Gasteiger partial charge in [0.15, 0.2) is 0 Å². The molecule has 1 aromatic carbocycles. The average Bonchev–Trinajstić information content (AvgIpc) is 3.30. The fraction of sp³-hybridized carbons (Fsp3) is 0.650. The summed E-state index contributed by atoms with van der Waals surface area (Å²) in [4.78, 5) is 16.4. The van der Waals surface area contributed by atoms with E-state index in [0.717, 1.165) is 51.0 Å². The highest BCUT2D eigenvalue weighted by Crippen LogP contribution is 2.44. The third-order valence-electron chi connectivity index (χ3n) is 6.74. The van der Waals surface area contributed by atoms with Crippen LogP contribution in [0.4, 0.5) is 8.78 Å². The van der Waals surface area contributed by atoms with Gasteiger partial charge < -0.3 is 4.90 Å². The molecular formula is C20H27F2N3O3S. The molecule has 1 spiro atoms. The average molecular weight is 428 g/mol. The fourth-order valence-electron chi connectivity index (χ4n) is 5.08. The Hall–Kier alpha value is -1.58. The predicted octanol–water partition coefficient (Wildman–Crippen LogP) is 2.06. The number of piperidine rings is 1. The van der Waals surface area contributed by atoms with E-state index in [1.54, 1.807) is 0 Å². The van der Waals surface area contributed by atoms with Gasteiger partial charge in [0.2, 0.25) is 15.9 Å². The van der Waals surface area contributed by atoms with E-state index in [2.05, 4.69) is 4.90 Å². The van der Waals surface area contributed by atoms with E-state index in [4.69, 9.17) is 0 Å². The van der Waals surface area contributed by atoms with Gasteiger partial charge in [-0.2, -0.15) is 4.31 Å². The standard InChI is InChI=1S/C20H27F2N3O3S/c1-23-14-20(13-17(23)19(26)24-8-2-3-9-24)6-10-25(11-7-20)29(27,28)18-5-4-15(21)12-16(18)22/h4-5,12,17H,2-3,6-11,13-14H2,1H3. The molecule has 0 radical (unpaired) electrons. The Bertz CT molecular complexity index is 894. The molecule has 0 bridgehead atoms. The van der Waals surface area contributed by atoms with Crippen molar-refractivity contribution in [2.75, 3.05) is 39.8 Å². The van der Waals surface area contributed by atoms with Crippen molar-refractivity contribution in [3.63, 3.8) is 0 Å². The van der Waals surface area contributed by atoms with Crippen LogP contribution in [0.25, 0.3) is 0 Å². The molecule has 0 N–H and O–H groups in total. The summed E-state index contributed by atoms with van der Waals surface area (Å²) in [5, 5.41) is 0. The van der Waals surface area contributed by atoms with Crippen LogP contribution in [0.3, 0.4) is 0 Å². The van der Waals surface area contributed by atoms with Crippen LogP contribution in [-0.2, 0) is 14.8 Å².